The van der Waals surface area contributed by atoms with Crippen LogP contribution in [0.15, 0.2) is 60.7 Å². The van der Waals surface area contributed by atoms with E-state index in [9.17, 15) is 0 Å². The lowest BCUT2D eigenvalue weighted by Gasteiger charge is -2.28. The molecule has 0 spiro atoms. The van der Waals surface area contributed by atoms with Crippen molar-refractivity contribution in [2.45, 2.75) is 25.2 Å². The minimum Gasteiger partial charge on any atom is -0.381 e. The van der Waals surface area contributed by atoms with Crippen molar-refractivity contribution in [1.82, 2.24) is 4.90 Å². The fourth-order valence-corrected chi connectivity index (χ4v) is 3.61. The Hall–Kier alpha value is -1.64. The monoisotopic (exact) mass is 323 g/mol. The molecule has 0 radical (unpaired) electrons. The van der Waals surface area contributed by atoms with E-state index in [0.717, 1.165) is 25.7 Å². The molecule has 0 atom stereocenters. The second kappa shape index (κ2) is 9.00. The van der Waals surface area contributed by atoms with Crippen LogP contribution in [-0.2, 0) is 4.74 Å². The molecule has 0 saturated carbocycles. The summed E-state index contributed by atoms with van der Waals surface area (Å²) in [6, 6.07) is 21.8. The topological polar surface area (TPSA) is 12.5 Å². The largest absolute Gasteiger partial charge is 0.381 e. The van der Waals surface area contributed by atoms with E-state index >= 15 is 0 Å². The summed E-state index contributed by atoms with van der Waals surface area (Å²) >= 11 is 0. The number of hydrogen-bond donors (Lipinski definition) is 0. The van der Waals surface area contributed by atoms with Crippen molar-refractivity contribution in [3.8, 4) is 0 Å². The Morgan fingerprint density at radius 1 is 0.917 bits per heavy atom. The third-order valence-electron chi connectivity index (χ3n) is 5.16. The van der Waals surface area contributed by atoms with Crippen LogP contribution >= 0.6 is 0 Å². The van der Waals surface area contributed by atoms with E-state index in [2.05, 4.69) is 72.6 Å². The van der Waals surface area contributed by atoms with Crippen molar-refractivity contribution in [3.63, 3.8) is 0 Å². The van der Waals surface area contributed by atoms with Crippen LogP contribution in [0.1, 0.15) is 36.3 Å². The smallest absolute Gasteiger partial charge is 0.0468 e. The molecule has 2 nitrogen and oxygen atoms in total. The van der Waals surface area contributed by atoms with Crippen LogP contribution in [-0.4, -0.2) is 38.3 Å². The van der Waals surface area contributed by atoms with E-state index in [1.54, 1.807) is 0 Å². The molecular weight excluding hydrogens is 294 g/mol. The van der Waals surface area contributed by atoms with Gasteiger partial charge in [-0.1, -0.05) is 60.7 Å². The standard InChI is InChI=1S/C22H29NO/c1-23(15-12-19-13-16-24-17-14-19)18-22(20-8-4-2-5-9-20)21-10-6-3-7-11-21/h2-11,19,22H,12-18H2,1H3. The second-order valence-corrected chi connectivity index (χ2v) is 6.98. The van der Waals surface area contributed by atoms with E-state index in [1.165, 1.54) is 36.9 Å². The molecule has 128 valence electrons. The fourth-order valence-electron chi connectivity index (χ4n) is 3.61. The van der Waals surface area contributed by atoms with Crippen molar-refractivity contribution in [2.75, 3.05) is 33.4 Å². The third-order valence-corrected chi connectivity index (χ3v) is 5.16. The maximum Gasteiger partial charge on any atom is 0.0468 e. The van der Waals surface area contributed by atoms with Crippen LogP contribution in [0.2, 0.25) is 0 Å². The number of hydrogen-bond acceptors (Lipinski definition) is 2. The van der Waals surface area contributed by atoms with Crippen LogP contribution in [0.3, 0.4) is 0 Å². The first-order valence-electron chi connectivity index (χ1n) is 9.19. The van der Waals surface area contributed by atoms with Gasteiger partial charge in [-0.25, -0.2) is 0 Å². The molecule has 1 aliphatic rings. The average Bonchev–Trinajstić information content (AvgIpc) is 2.67. The molecule has 2 heteroatoms. The Kier molecular flexibility index (Phi) is 6.45. The number of ether oxygens (including phenoxy) is 1. The van der Waals surface area contributed by atoms with Crippen LogP contribution < -0.4 is 0 Å². The van der Waals surface area contributed by atoms with Gasteiger partial charge in [0.15, 0.2) is 0 Å². The van der Waals surface area contributed by atoms with Gasteiger partial charge < -0.3 is 9.64 Å². The molecule has 0 amide bonds. The predicted octanol–water partition coefficient (Wildman–Crippen LogP) is 4.57. The molecule has 1 saturated heterocycles. The Morgan fingerprint density at radius 3 is 2.00 bits per heavy atom. The maximum absolute atomic E-state index is 5.47. The number of benzene rings is 2. The minimum absolute atomic E-state index is 0.437. The molecule has 0 aliphatic carbocycles. The summed E-state index contributed by atoms with van der Waals surface area (Å²) in [4.78, 5) is 2.50. The fraction of sp³-hybridized carbons (Fsp3) is 0.455. The lowest BCUT2D eigenvalue weighted by atomic mass is 9.90. The molecule has 0 N–H and O–H groups in total. The van der Waals surface area contributed by atoms with Gasteiger partial charge in [0.2, 0.25) is 0 Å². The molecule has 0 aromatic heterocycles. The van der Waals surface area contributed by atoms with Gasteiger partial charge in [-0.3, -0.25) is 0 Å². The summed E-state index contributed by atoms with van der Waals surface area (Å²) in [5.41, 5.74) is 2.81. The summed E-state index contributed by atoms with van der Waals surface area (Å²) < 4.78 is 5.47. The van der Waals surface area contributed by atoms with Gasteiger partial charge in [0, 0.05) is 25.7 Å². The highest BCUT2D eigenvalue weighted by Gasteiger charge is 2.18. The zero-order valence-corrected chi connectivity index (χ0v) is 14.7. The summed E-state index contributed by atoms with van der Waals surface area (Å²) in [5.74, 6) is 1.28. The maximum atomic E-state index is 5.47. The lowest BCUT2D eigenvalue weighted by molar-refractivity contribution is 0.0609. The molecule has 0 unspecified atom stereocenters. The van der Waals surface area contributed by atoms with Crippen molar-refractivity contribution in [1.29, 1.82) is 0 Å². The Morgan fingerprint density at radius 2 is 1.46 bits per heavy atom. The van der Waals surface area contributed by atoms with Crippen molar-refractivity contribution < 1.29 is 4.74 Å². The summed E-state index contributed by atoms with van der Waals surface area (Å²) in [6.45, 7) is 4.13. The molecule has 0 bridgehead atoms. The Bertz CT molecular complexity index is 538. The van der Waals surface area contributed by atoms with Crippen LogP contribution in [0.5, 0.6) is 0 Å². The van der Waals surface area contributed by atoms with Gasteiger partial charge in [-0.15, -0.1) is 0 Å². The number of rotatable bonds is 7. The SMILES string of the molecule is CN(CCC1CCOCC1)CC(c1ccccc1)c1ccccc1. The Labute approximate surface area is 146 Å². The molecule has 1 aliphatic heterocycles. The van der Waals surface area contributed by atoms with Crippen molar-refractivity contribution in [2.24, 2.45) is 5.92 Å². The van der Waals surface area contributed by atoms with Gasteiger partial charge in [0.25, 0.3) is 0 Å². The quantitative estimate of drug-likeness (QED) is 0.740. The molecule has 1 heterocycles. The molecule has 3 rings (SSSR count). The first kappa shape index (κ1) is 17.2. The number of likely N-dealkylation sites (N-methyl/N-ethyl adjacent to an activating group) is 1. The Balaban J connectivity index is 1.63. The first-order chi connectivity index (χ1) is 11.8. The van der Waals surface area contributed by atoms with Crippen molar-refractivity contribution in [3.05, 3.63) is 71.8 Å². The molecule has 24 heavy (non-hydrogen) atoms. The van der Waals surface area contributed by atoms with Gasteiger partial charge in [-0.2, -0.15) is 0 Å². The summed E-state index contributed by atoms with van der Waals surface area (Å²) in [5, 5.41) is 0. The van der Waals surface area contributed by atoms with E-state index in [1.807, 2.05) is 0 Å². The van der Waals surface area contributed by atoms with Gasteiger partial charge in [0.1, 0.15) is 0 Å². The summed E-state index contributed by atoms with van der Waals surface area (Å²) in [7, 11) is 2.26. The van der Waals surface area contributed by atoms with E-state index in [-0.39, 0.29) is 0 Å². The summed E-state index contributed by atoms with van der Waals surface area (Å²) in [6.07, 6.45) is 3.75. The number of nitrogens with zero attached hydrogens (tertiary/aromatic N) is 1. The average molecular weight is 323 g/mol. The van der Waals surface area contributed by atoms with Gasteiger partial charge in [0.05, 0.1) is 0 Å². The molecule has 2 aromatic carbocycles. The molecular formula is C22H29NO. The van der Waals surface area contributed by atoms with E-state index in [0.29, 0.717) is 5.92 Å². The highest BCUT2D eigenvalue weighted by atomic mass is 16.5. The molecule has 2 aromatic rings. The third kappa shape index (κ3) is 4.93. The second-order valence-electron chi connectivity index (χ2n) is 6.98. The molecule has 1 fully saturated rings. The highest BCUT2D eigenvalue weighted by Crippen LogP contribution is 2.26. The lowest BCUT2D eigenvalue weighted by Crippen LogP contribution is -2.28. The normalized spacial score (nSPS) is 16.0. The zero-order chi connectivity index (χ0) is 16.6. The highest BCUT2D eigenvalue weighted by molar-refractivity contribution is 5.32. The van der Waals surface area contributed by atoms with E-state index in [4.69, 9.17) is 4.74 Å². The zero-order valence-electron chi connectivity index (χ0n) is 14.7. The van der Waals surface area contributed by atoms with Crippen molar-refractivity contribution >= 4 is 0 Å². The van der Waals surface area contributed by atoms with Crippen LogP contribution in [0.25, 0.3) is 0 Å². The van der Waals surface area contributed by atoms with Gasteiger partial charge >= 0.3 is 0 Å². The van der Waals surface area contributed by atoms with Crippen LogP contribution in [0, 0.1) is 5.92 Å². The van der Waals surface area contributed by atoms with Gasteiger partial charge in [-0.05, 0) is 49.9 Å². The minimum atomic E-state index is 0.437. The first-order valence-corrected chi connectivity index (χ1v) is 9.19. The predicted molar refractivity (Wildman–Crippen MR) is 100 cm³/mol. The van der Waals surface area contributed by atoms with E-state index < -0.39 is 0 Å². The van der Waals surface area contributed by atoms with Crippen LogP contribution in [0.4, 0.5) is 0 Å².